The average molecular weight is 296 g/mol. The molecule has 0 amide bonds. The zero-order chi connectivity index (χ0) is 14.8. The zero-order valence-corrected chi connectivity index (χ0v) is 13.8. The second-order valence-corrected chi connectivity index (χ2v) is 7.54. The molecule has 0 spiro atoms. The minimum Gasteiger partial charge on any atom is -0.361 e. The molecule has 1 aliphatic heterocycles. The van der Waals surface area contributed by atoms with E-state index in [1.54, 1.807) is 0 Å². The number of nitrogens with one attached hydrogen (secondary N) is 1. The highest BCUT2D eigenvalue weighted by molar-refractivity contribution is 8.00. The van der Waals surface area contributed by atoms with E-state index in [0.29, 0.717) is 6.54 Å². The predicted octanol–water partition coefficient (Wildman–Crippen LogP) is 2.19. The number of hydrogen-bond acceptors (Lipinski definition) is 4. The van der Waals surface area contributed by atoms with Crippen LogP contribution >= 0.6 is 11.8 Å². The van der Waals surface area contributed by atoms with Crippen molar-refractivity contribution < 1.29 is 4.52 Å². The number of aliphatic imine (C=N–C) groups is 1. The van der Waals surface area contributed by atoms with Crippen molar-refractivity contribution in [2.75, 3.05) is 25.9 Å². The van der Waals surface area contributed by atoms with Gasteiger partial charge in [-0.25, -0.2) is 0 Å². The highest BCUT2D eigenvalue weighted by Gasteiger charge is 2.28. The maximum absolute atomic E-state index is 5.19. The van der Waals surface area contributed by atoms with Gasteiger partial charge < -0.3 is 14.7 Å². The van der Waals surface area contributed by atoms with Gasteiger partial charge in [0.1, 0.15) is 5.76 Å². The molecule has 0 unspecified atom stereocenters. The Hall–Kier alpha value is -1.17. The van der Waals surface area contributed by atoms with E-state index in [-0.39, 0.29) is 4.75 Å². The van der Waals surface area contributed by atoms with E-state index < -0.39 is 0 Å². The van der Waals surface area contributed by atoms with Crippen molar-refractivity contribution in [3.8, 4) is 0 Å². The molecule has 112 valence electrons. The quantitative estimate of drug-likeness (QED) is 0.670. The van der Waals surface area contributed by atoms with E-state index in [9.17, 15) is 0 Å². The van der Waals surface area contributed by atoms with Gasteiger partial charge in [-0.05, 0) is 27.7 Å². The van der Waals surface area contributed by atoms with Crippen LogP contribution in [0.5, 0.6) is 0 Å². The molecule has 1 saturated heterocycles. The molecular weight excluding hydrogens is 272 g/mol. The fourth-order valence-electron chi connectivity index (χ4n) is 2.45. The van der Waals surface area contributed by atoms with Crippen molar-refractivity contribution in [1.82, 2.24) is 15.4 Å². The summed E-state index contributed by atoms with van der Waals surface area (Å²) < 4.78 is 5.47. The summed E-state index contributed by atoms with van der Waals surface area (Å²) >= 11 is 2.02. The molecule has 5 nitrogen and oxygen atoms in total. The summed E-state index contributed by atoms with van der Waals surface area (Å²) in [5.74, 6) is 2.97. The van der Waals surface area contributed by atoms with Gasteiger partial charge in [-0.2, -0.15) is 11.8 Å². The summed E-state index contributed by atoms with van der Waals surface area (Å²) in [7, 11) is 1.84. The van der Waals surface area contributed by atoms with Crippen molar-refractivity contribution in [2.45, 2.75) is 39.0 Å². The van der Waals surface area contributed by atoms with Crippen LogP contribution in [0, 0.1) is 13.8 Å². The molecule has 6 heteroatoms. The number of aryl methyl sites for hydroxylation is 2. The molecule has 1 aromatic rings. The normalized spacial score (nSPS) is 19.2. The minimum absolute atomic E-state index is 0.277. The van der Waals surface area contributed by atoms with E-state index >= 15 is 0 Å². The zero-order valence-electron chi connectivity index (χ0n) is 13.0. The second-order valence-electron chi connectivity index (χ2n) is 5.73. The van der Waals surface area contributed by atoms with Crippen molar-refractivity contribution in [1.29, 1.82) is 0 Å². The Balaban J connectivity index is 2.00. The predicted molar refractivity (Wildman–Crippen MR) is 84.3 cm³/mol. The molecule has 2 heterocycles. The monoisotopic (exact) mass is 296 g/mol. The topological polar surface area (TPSA) is 53.7 Å². The van der Waals surface area contributed by atoms with Gasteiger partial charge in [0, 0.05) is 42.7 Å². The molecule has 1 aliphatic rings. The van der Waals surface area contributed by atoms with Crippen molar-refractivity contribution >= 4 is 17.7 Å². The van der Waals surface area contributed by atoms with E-state index in [1.807, 2.05) is 32.7 Å². The number of thioether (sulfide) groups is 1. The lowest BCUT2D eigenvalue weighted by atomic mass is 10.2. The van der Waals surface area contributed by atoms with Gasteiger partial charge in [-0.15, -0.1) is 0 Å². The van der Waals surface area contributed by atoms with Crippen molar-refractivity contribution in [2.24, 2.45) is 4.99 Å². The van der Waals surface area contributed by atoms with Gasteiger partial charge in [0.25, 0.3) is 0 Å². The molecule has 0 aliphatic carbocycles. The van der Waals surface area contributed by atoms with E-state index in [4.69, 9.17) is 4.52 Å². The van der Waals surface area contributed by atoms with Crippen LogP contribution in [0.2, 0.25) is 0 Å². The fourth-order valence-corrected chi connectivity index (χ4v) is 3.56. The Morgan fingerprint density at radius 2 is 2.25 bits per heavy atom. The molecule has 0 aromatic carbocycles. The van der Waals surface area contributed by atoms with Crippen molar-refractivity contribution in [3.63, 3.8) is 0 Å². The molecule has 2 rings (SSSR count). The smallest absolute Gasteiger partial charge is 0.193 e. The Morgan fingerprint density at radius 3 is 2.80 bits per heavy atom. The van der Waals surface area contributed by atoms with Gasteiger partial charge in [-0.1, -0.05) is 5.16 Å². The lowest BCUT2D eigenvalue weighted by molar-refractivity contribution is 0.375. The molecule has 0 bridgehead atoms. The highest BCUT2D eigenvalue weighted by Crippen LogP contribution is 2.29. The first-order valence-electron chi connectivity index (χ1n) is 6.94. The molecule has 1 N–H and O–H groups in total. The van der Waals surface area contributed by atoms with Gasteiger partial charge in [-0.3, -0.25) is 4.99 Å². The average Bonchev–Trinajstić information content (AvgIpc) is 2.69. The maximum Gasteiger partial charge on any atom is 0.193 e. The third-order valence-corrected chi connectivity index (χ3v) is 4.84. The fraction of sp³-hybridized carbons (Fsp3) is 0.714. The first kappa shape index (κ1) is 15.2. The molecule has 0 radical (unpaired) electrons. The molecule has 1 aromatic heterocycles. The Kier molecular flexibility index (Phi) is 4.62. The SMILES string of the molecule is CN=C(NCc1c(C)noc1C)N1CCSC(C)(C)C1. The lowest BCUT2D eigenvalue weighted by Crippen LogP contribution is -2.50. The first-order chi connectivity index (χ1) is 9.43. The molecule has 0 saturated carbocycles. The van der Waals surface area contributed by atoms with Crippen LogP contribution in [0.1, 0.15) is 30.9 Å². The third kappa shape index (κ3) is 3.48. The summed E-state index contributed by atoms with van der Waals surface area (Å²) in [6.07, 6.45) is 0. The number of guanidine groups is 1. The van der Waals surface area contributed by atoms with Gasteiger partial charge >= 0.3 is 0 Å². The van der Waals surface area contributed by atoms with Crippen LogP contribution in [0.15, 0.2) is 9.52 Å². The van der Waals surface area contributed by atoms with Crippen LogP contribution in [0.4, 0.5) is 0 Å². The number of hydrogen-bond donors (Lipinski definition) is 1. The van der Waals surface area contributed by atoms with E-state index in [0.717, 1.165) is 41.8 Å². The van der Waals surface area contributed by atoms with Crippen LogP contribution < -0.4 is 5.32 Å². The maximum atomic E-state index is 5.19. The van der Waals surface area contributed by atoms with Crippen LogP contribution in [-0.2, 0) is 6.54 Å². The minimum atomic E-state index is 0.277. The number of aromatic nitrogens is 1. The molecule has 20 heavy (non-hydrogen) atoms. The molecule has 1 fully saturated rings. The summed E-state index contributed by atoms with van der Waals surface area (Å²) in [6, 6.07) is 0. The Morgan fingerprint density at radius 1 is 1.50 bits per heavy atom. The van der Waals surface area contributed by atoms with Crippen LogP contribution in [0.25, 0.3) is 0 Å². The van der Waals surface area contributed by atoms with E-state index in [2.05, 4.69) is 34.2 Å². The first-order valence-corrected chi connectivity index (χ1v) is 7.93. The van der Waals surface area contributed by atoms with Crippen molar-refractivity contribution in [3.05, 3.63) is 17.0 Å². The molecular formula is C14H24N4OS. The number of rotatable bonds is 2. The highest BCUT2D eigenvalue weighted by atomic mass is 32.2. The Bertz CT molecular complexity index is 476. The van der Waals surface area contributed by atoms with Crippen LogP contribution in [0.3, 0.4) is 0 Å². The summed E-state index contributed by atoms with van der Waals surface area (Å²) in [5.41, 5.74) is 2.07. The standard InChI is InChI=1S/C14H24N4OS/c1-10-12(11(2)19-17-10)8-16-13(15-5)18-6-7-20-14(3,4)9-18/h6-9H2,1-5H3,(H,15,16). The largest absolute Gasteiger partial charge is 0.361 e. The van der Waals surface area contributed by atoms with Gasteiger partial charge in [0.15, 0.2) is 5.96 Å². The summed E-state index contributed by atoms with van der Waals surface area (Å²) in [6.45, 7) is 11.2. The van der Waals surface area contributed by atoms with Crippen LogP contribution in [-0.4, -0.2) is 46.7 Å². The second kappa shape index (κ2) is 6.08. The lowest BCUT2D eigenvalue weighted by Gasteiger charge is -2.39. The summed E-state index contributed by atoms with van der Waals surface area (Å²) in [5, 5.41) is 7.41. The Labute approximate surface area is 125 Å². The molecule has 0 atom stereocenters. The third-order valence-electron chi connectivity index (χ3n) is 3.54. The summed E-state index contributed by atoms with van der Waals surface area (Å²) in [4.78, 5) is 6.74. The van der Waals surface area contributed by atoms with E-state index in [1.165, 1.54) is 0 Å². The van der Waals surface area contributed by atoms with Gasteiger partial charge in [0.2, 0.25) is 0 Å². The van der Waals surface area contributed by atoms with Gasteiger partial charge in [0.05, 0.1) is 5.69 Å². The number of nitrogens with zero attached hydrogens (tertiary/aromatic N) is 3.